The predicted molar refractivity (Wildman–Crippen MR) is 150 cm³/mol. The molecule has 2 aromatic heterocycles. The summed E-state index contributed by atoms with van der Waals surface area (Å²) >= 11 is 0. The highest BCUT2D eigenvalue weighted by Gasteiger charge is 2.22. The van der Waals surface area contributed by atoms with Gasteiger partial charge in [-0.2, -0.15) is 0 Å². The van der Waals surface area contributed by atoms with Crippen LogP contribution < -0.4 is 20.7 Å². The molecule has 5 rings (SSSR count). The number of nitrogens with one attached hydrogen (secondary N) is 1. The first kappa shape index (κ1) is 24.9. The zero-order valence-corrected chi connectivity index (χ0v) is 22.0. The highest BCUT2D eigenvalue weighted by atomic mass is 16.5. The molecule has 4 aromatic rings. The number of likely N-dealkylation sites (N-methyl/N-ethyl adjacent to an activating group) is 2. The standard InChI is InChI=1S/C28H35N7O2/c1-5-33(2)12-13-34(3)24-17-26(36-4)22(16-20(24)29)32-28-30-11-10-21(31-28)27-19-8-6-7-9-23(19)35-14-15-37-18-25(27)35/h6-11,16-17H,5,12-15,18,29H2,1-4H3,(H,30,31,32). The fourth-order valence-electron chi connectivity index (χ4n) is 4.83. The van der Waals surface area contributed by atoms with Crippen molar-refractivity contribution in [2.75, 3.05) is 63.4 Å². The number of methoxy groups -OCH3 is 1. The van der Waals surface area contributed by atoms with Crippen molar-refractivity contribution in [1.29, 1.82) is 0 Å². The Balaban J connectivity index is 1.46. The van der Waals surface area contributed by atoms with E-state index >= 15 is 0 Å². The number of rotatable bonds is 9. The number of nitrogens with two attached hydrogens (primary N) is 1. The van der Waals surface area contributed by atoms with Crippen molar-refractivity contribution in [3.05, 3.63) is 54.4 Å². The van der Waals surface area contributed by atoms with E-state index in [0.29, 0.717) is 36.3 Å². The number of ether oxygens (including phenoxy) is 2. The van der Waals surface area contributed by atoms with Crippen molar-refractivity contribution in [2.45, 2.75) is 20.1 Å². The van der Waals surface area contributed by atoms with Crippen molar-refractivity contribution in [2.24, 2.45) is 0 Å². The molecule has 37 heavy (non-hydrogen) atoms. The van der Waals surface area contributed by atoms with Crippen LogP contribution in [0.25, 0.3) is 22.2 Å². The van der Waals surface area contributed by atoms with Gasteiger partial charge in [0.05, 0.1) is 48.8 Å². The summed E-state index contributed by atoms with van der Waals surface area (Å²) in [6.45, 7) is 7.06. The lowest BCUT2D eigenvalue weighted by molar-refractivity contribution is 0.0869. The number of benzene rings is 2. The first-order chi connectivity index (χ1) is 18.0. The van der Waals surface area contributed by atoms with Gasteiger partial charge in [0.1, 0.15) is 5.75 Å². The summed E-state index contributed by atoms with van der Waals surface area (Å²) in [6, 6.07) is 14.2. The van der Waals surface area contributed by atoms with Gasteiger partial charge in [-0.05, 0) is 31.8 Å². The van der Waals surface area contributed by atoms with Crippen LogP contribution in [0.15, 0.2) is 48.7 Å². The van der Waals surface area contributed by atoms with E-state index in [4.69, 9.17) is 20.2 Å². The molecule has 9 nitrogen and oxygen atoms in total. The van der Waals surface area contributed by atoms with Crippen LogP contribution >= 0.6 is 0 Å². The number of nitrogens with zero attached hydrogens (tertiary/aromatic N) is 5. The third-order valence-corrected chi connectivity index (χ3v) is 7.05. The highest BCUT2D eigenvalue weighted by molar-refractivity contribution is 5.97. The summed E-state index contributed by atoms with van der Waals surface area (Å²) in [5.74, 6) is 1.15. The van der Waals surface area contributed by atoms with E-state index in [2.05, 4.69) is 62.9 Å². The fraction of sp³-hybridized carbons (Fsp3) is 0.357. The summed E-state index contributed by atoms with van der Waals surface area (Å²) in [4.78, 5) is 13.8. The lowest BCUT2D eigenvalue weighted by Crippen LogP contribution is -2.31. The number of hydrogen-bond acceptors (Lipinski definition) is 8. The number of aromatic nitrogens is 3. The third kappa shape index (κ3) is 4.92. The van der Waals surface area contributed by atoms with E-state index in [1.165, 1.54) is 5.52 Å². The third-order valence-electron chi connectivity index (χ3n) is 7.05. The number of hydrogen-bond donors (Lipinski definition) is 2. The van der Waals surface area contributed by atoms with Crippen molar-refractivity contribution in [3.63, 3.8) is 0 Å². The van der Waals surface area contributed by atoms with Gasteiger partial charge in [-0.3, -0.25) is 0 Å². The molecule has 1 aliphatic rings. The van der Waals surface area contributed by atoms with Crippen LogP contribution in [0.1, 0.15) is 12.6 Å². The second kappa shape index (κ2) is 10.7. The lowest BCUT2D eigenvalue weighted by atomic mass is 10.1. The molecule has 0 unspecified atom stereocenters. The quantitative estimate of drug-likeness (QED) is 0.327. The van der Waals surface area contributed by atoms with Crippen molar-refractivity contribution in [1.82, 2.24) is 19.4 Å². The number of fused-ring (bicyclic) bond motifs is 3. The minimum atomic E-state index is 0.474. The Morgan fingerprint density at radius 1 is 1.16 bits per heavy atom. The van der Waals surface area contributed by atoms with Crippen molar-refractivity contribution < 1.29 is 9.47 Å². The molecular weight excluding hydrogens is 466 g/mol. The van der Waals surface area contributed by atoms with E-state index in [1.54, 1.807) is 13.3 Å². The first-order valence-electron chi connectivity index (χ1n) is 12.7. The Bertz CT molecular complexity index is 1400. The molecule has 1 aliphatic heterocycles. The predicted octanol–water partition coefficient (Wildman–Crippen LogP) is 4.35. The number of nitrogen functional groups attached to an aromatic ring is 1. The fourth-order valence-corrected chi connectivity index (χ4v) is 4.83. The molecule has 3 N–H and O–H groups in total. The Morgan fingerprint density at radius 3 is 2.81 bits per heavy atom. The minimum Gasteiger partial charge on any atom is -0.494 e. The molecule has 2 aromatic carbocycles. The van der Waals surface area contributed by atoms with E-state index in [0.717, 1.165) is 54.2 Å². The molecular formula is C28H35N7O2. The first-order valence-corrected chi connectivity index (χ1v) is 12.7. The molecule has 0 amide bonds. The second-order valence-corrected chi connectivity index (χ2v) is 9.36. The number of para-hydroxylation sites is 1. The largest absolute Gasteiger partial charge is 0.494 e. The molecule has 194 valence electrons. The normalized spacial score (nSPS) is 13.1. The topological polar surface area (TPSA) is 93.7 Å². The average molecular weight is 502 g/mol. The molecule has 0 aliphatic carbocycles. The smallest absolute Gasteiger partial charge is 0.227 e. The maximum absolute atomic E-state index is 6.48. The molecule has 3 heterocycles. The summed E-state index contributed by atoms with van der Waals surface area (Å²) in [5.41, 5.74) is 13.0. The maximum atomic E-state index is 6.48. The summed E-state index contributed by atoms with van der Waals surface area (Å²) in [6.07, 6.45) is 1.77. The monoisotopic (exact) mass is 501 g/mol. The Labute approximate surface area is 217 Å². The van der Waals surface area contributed by atoms with E-state index in [-0.39, 0.29) is 0 Å². The van der Waals surface area contributed by atoms with Gasteiger partial charge in [-0.15, -0.1) is 0 Å². The van der Waals surface area contributed by atoms with Crippen molar-refractivity contribution in [3.8, 4) is 17.0 Å². The molecule has 0 radical (unpaired) electrons. The second-order valence-electron chi connectivity index (χ2n) is 9.36. The highest BCUT2D eigenvalue weighted by Crippen LogP contribution is 2.38. The van der Waals surface area contributed by atoms with Gasteiger partial charge in [0.15, 0.2) is 0 Å². The van der Waals surface area contributed by atoms with Gasteiger partial charge in [0.25, 0.3) is 0 Å². The van der Waals surface area contributed by atoms with Crippen LogP contribution in [-0.2, 0) is 17.9 Å². The Kier molecular flexibility index (Phi) is 7.16. The van der Waals surface area contributed by atoms with Crippen LogP contribution in [0.4, 0.5) is 23.0 Å². The molecule has 9 heteroatoms. The minimum absolute atomic E-state index is 0.474. The SMILES string of the molecule is CCN(C)CCN(C)c1cc(OC)c(Nc2nccc(-c3c4n(c5ccccc35)CCOC4)n2)cc1N. The molecule has 0 spiro atoms. The zero-order valence-electron chi connectivity index (χ0n) is 22.0. The summed E-state index contributed by atoms with van der Waals surface area (Å²) in [5, 5.41) is 4.49. The van der Waals surface area contributed by atoms with Crippen LogP contribution in [0.2, 0.25) is 0 Å². The Morgan fingerprint density at radius 2 is 2.00 bits per heavy atom. The zero-order chi connectivity index (χ0) is 25.9. The average Bonchev–Trinajstić information content (AvgIpc) is 3.26. The van der Waals surface area contributed by atoms with Gasteiger partial charge >= 0.3 is 0 Å². The van der Waals surface area contributed by atoms with Gasteiger partial charge in [-0.25, -0.2) is 9.97 Å². The van der Waals surface area contributed by atoms with Crippen LogP contribution in [0, 0.1) is 0 Å². The van der Waals surface area contributed by atoms with Gasteiger partial charge < -0.3 is 34.9 Å². The number of anilines is 4. The molecule has 0 bridgehead atoms. The van der Waals surface area contributed by atoms with E-state index in [9.17, 15) is 0 Å². The van der Waals surface area contributed by atoms with Gasteiger partial charge in [0, 0.05) is 55.4 Å². The van der Waals surface area contributed by atoms with Gasteiger partial charge in [-0.1, -0.05) is 25.1 Å². The molecule has 0 saturated heterocycles. The summed E-state index contributed by atoms with van der Waals surface area (Å²) in [7, 11) is 5.81. The maximum Gasteiger partial charge on any atom is 0.227 e. The molecule has 0 saturated carbocycles. The molecule has 0 fully saturated rings. The Hall–Kier alpha value is -3.82. The van der Waals surface area contributed by atoms with E-state index in [1.807, 2.05) is 25.2 Å². The van der Waals surface area contributed by atoms with Gasteiger partial charge in [0.2, 0.25) is 5.95 Å². The summed E-state index contributed by atoms with van der Waals surface area (Å²) < 4.78 is 13.9. The van der Waals surface area contributed by atoms with Crippen LogP contribution in [0.3, 0.4) is 0 Å². The van der Waals surface area contributed by atoms with E-state index < -0.39 is 0 Å². The molecule has 0 atom stereocenters. The van der Waals surface area contributed by atoms with Crippen molar-refractivity contribution >= 4 is 33.9 Å². The van der Waals surface area contributed by atoms with Crippen LogP contribution in [0.5, 0.6) is 5.75 Å². The lowest BCUT2D eigenvalue weighted by Gasteiger charge is -2.25. The van der Waals surface area contributed by atoms with Crippen LogP contribution in [-0.4, -0.2) is 66.9 Å².